The van der Waals surface area contributed by atoms with Crippen LogP contribution < -0.4 is 5.56 Å². The average Bonchev–Trinajstić information content (AvgIpc) is 2.36. The zero-order valence-electron chi connectivity index (χ0n) is 12.7. The van der Waals surface area contributed by atoms with Crippen LogP contribution in [0.2, 0.25) is 0 Å². The van der Waals surface area contributed by atoms with Crippen molar-refractivity contribution in [2.24, 2.45) is 0 Å². The summed E-state index contributed by atoms with van der Waals surface area (Å²) in [5.74, 6) is -0.0328. The maximum absolute atomic E-state index is 12.8. The Kier molecular flexibility index (Phi) is 3.32. The number of carbonyl (C=O) groups is 1. The Morgan fingerprint density at radius 2 is 1.90 bits per heavy atom. The monoisotopic (exact) mass is 284 g/mol. The third-order valence-corrected chi connectivity index (χ3v) is 4.09. The minimum atomic E-state index is -0.0740. The summed E-state index contributed by atoms with van der Waals surface area (Å²) < 4.78 is 1.63. The zero-order valence-corrected chi connectivity index (χ0v) is 12.7. The summed E-state index contributed by atoms with van der Waals surface area (Å²) >= 11 is 0. The van der Waals surface area contributed by atoms with Gasteiger partial charge in [0.05, 0.1) is 0 Å². The van der Waals surface area contributed by atoms with Gasteiger partial charge in [0.15, 0.2) is 0 Å². The van der Waals surface area contributed by atoms with E-state index in [9.17, 15) is 9.59 Å². The number of hydrogen-bond acceptors (Lipinski definition) is 2. The Morgan fingerprint density at radius 3 is 2.48 bits per heavy atom. The van der Waals surface area contributed by atoms with Crippen LogP contribution in [-0.2, 0) is 0 Å². The fourth-order valence-corrected chi connectivity index (χ4v) is 2.80. The van der Waals surface area contributed by atoms with Gasteiger partial charge in [-0.05, 0) is 44.7 Å². The molecule has 1 aromatic carbocycles. The molecule has 0 N–H and O–H groups in total. The first-order chi connectivity index (χ1) is 9.99. The molecule has 2 aromatic rings. The molecule has 0 bridgehead atoms. The van der Waals surface area contributed by atoms with Crippen LogP contribution in [0.4, 0.5) is 0 Å². The summed E-state index contributed by atoms with van der Waals surface area (Å²) in [7, 11) is 0. The molecule has 1 saturated heterocycles. The van der Waals surface area contributed by atoms with Gasteiger partial charge in [-0.1, -0.05) is 17.7 Å². The van der Waals surface area contributed by atoms with Crippen LogP contribution in [0.15, 0.2) is 29.1 Å². The Bertz CT molecular complexity index is 770. The molecule has 0 saturated carbocycles. The third-order valence-electron chi connectivity index (χ3n) is 4.09. The summed E-state index contributed by atoms with van der Waals surface area (Å²) in [4.78, 5) is 27.1. The molecule has 0 aliphatic carbocycles. The van der Waals surface area contributed by atoms with E-state index in [-0.39, 0.29) is 17.5 Å². The molecule has 21 heavy (non-hydrogen) atoms. The molecule has 0 unspecified atom stereocenters. The number of fused-ring (bicyclic) bond motifs is 1. The van der Waals surface area contributed by atoms with Gasteiger partial charge in [0, 0.05) is 24.5 Å². The molecule has 0 radical (unpaired) electrons. The fourth-order valence-electron chi connectivity index (χ4n) is 2.80. The van der Waals surface area contributed by atoms with E-state index in [2.05, 4.69) is 0 Å². The summed E-state index contributed by atoms with van der Waals surface area (Å²) in [6, 6.07) is 7.61. The number of nitrogens with zero attached hydrogens (tertiary/aromatic N) is 2. The predicted octanol–water partition coefficient (Wildman–Crippen LogP) is 2.74. The SMILES string of the molecule is Cc1ccc2cc(C(=O)N3CCC3)n(C(C)C)c(=O)c2c1. The molecular formula is C17H20N2O2. The molecular weight excluding hydrogens is 264 g/mol. The lowest BCUT2D eigenvalue weighted by Crippen LogP contribution is -2.44. The lowest BCUT2D eigenvalue weighted by atomic mass is 10.1. The number of aryl methyl sites for hydroxylation is 1. The molecule has 3 rings (SSSR count). The van der Waals surface area contributed by atoms with Crippen molar-refractivity contribution in [1.29, 1.82) is 0 Å². The van der Waals surface area contributed by atoms with E-state index in [1.807, 2.05) is 45.0 Å². The molecule has 0 atom stereocenters. The van der Waals surface area contributed by atoms with Gasteiger partial charge < -0.3 is 9.47 Å². The molecule has 1 fully saturated rings. The quantitative estimate of drug-likeness (QED) is 0.851. The predicted molar refractivity (Wildman–Crippen MR) is 83.9 cm³/mol. The smallest absolute Gasteiger partial charge is 0.270 e. The number of carbonyl (C=O) groups excluding carboxylic acids is 1. The van der Waals surface area contributed by atoms with E-state index in [1.165, 1.54) is 0 Å². The minimum absolute atomic E-state index is 0.0328. The number of aromatic nitrogens is 1. The molecule has 4 heteroatoms. The van der Waals surface area contributed by atoms with E-state index in [0.29, 0.717) is 11.1 Å². The minimum Gasteiger partial charge on any atom is -0.337 e. The standard InChI is InChI=1S/C17H20N2O2/c1-11(2)19-15(17(21)18-7-4-8-18)10-13-6-5-12(3)9-14(13)16(19)20/h5-6,9-11H,4,7-8H2,1-3H3. The van der Waals surface area contributed by atoms with Gasteiger partial charge in [0.25, 0.3) is 11.5 Å². The Morgan fingerprint density at radius 1 is 1.19 bits per heavy atom. The van der Waals surface area contributed by atoms with Crippen molar-refractivity contribution in [2.45, 2.75) is 33.2 Å². The van der Waals surface area contributed by atoms with Crippen LogP contribution in [0.3, 0.4) is 0 Å². The first-order valence-electron chi connectivity index (χ1n) is 7.44. The maximum Gasteiger partial charge on any atom is 0.270 e. The molecule has 1 aliphatic heterocycles. The topological polar surface area (TPSA) is 42.3 Å². The second kappa shape index (κ2) is 5.02. The Labute approximate surface area is 124 Å². The lowest BCUT2D eigenvalue weighted by Gasteiger charge is -2.32. The van der Waals surface area contributed by atoms with Crippen molar-refractivity contribution < 1.29 is 4.79 Å². The molecule has 4 nitrogen and oxygen atoms in total. The summed E-state index contributed by atoms with van der Waals surface area (Å²) in [5, 5.41) is 1.52. The summed E-state index contributed by atoms with van der Waals surface area (Å²) in [6.07, 6.45) is 1.05. The van der Waals surface area contributed by atoms with Crippen LogP contribution in [-0.4, -0.2) is 28.5 Å². The second-order valence-electron chi connectivity index (χ2n) is 6.03. The van der Waals surface area contributed by atoms with Crippen molar-refractivity contribution in [3.63, 3.8) is 0 Å². The van der Waals surface area contributed by atoms with E-state index >= 15 is 0 Å². The molecule has 2 heterocycles. The largest absolute Gasteiger partial charge is 0.337 e. The van der Waals surface area contributed by atoms with E-state index in [0.717, 1.165) is 30.5 Å². The van der Waals surface area contributed by atoms with Gasteiger partial charge in [0.2, 0.25) is 0 Å². The zero-order chi connectivity index (χ0) is 15.1. The number of amides is 1. The van der Waals surface area contributed by atoms with Crippen molar-refractivity contribution in [1.82, 2.24) is 9.47 Å². The van der Waals surface area contributed by atoms with Crippen molar-refractivity contribution in [3.05, 3.63) is 45.9 Å². The van der Waals surface area contributed by atoms with E-state index < -0.39 is 0 Å². The molecule has 110 valence electrons. The van der Waals surface area contributed by atoms with Crippen molar-refractivity contribution in [2.75, 3.05) is 13.1 Å². The molecule has 0 spiro atoms. The molecule has 1 amide bonds. The number of benzene rings is 1. The first-order valence-corrected chi connectivity index (χ1v) is 7.44. The normalized spacial score (nSPS) is 14.6. The highest BCUT2D eigenvalue weighted by molar-refractivity contribution is 5.97. The van der Waals surface area contributed by atoms with Crippen molar-refractivity contribution in [3.8, 4) is 0 Å². The molecule has 1 aromatic heterocycles. The van der Waals surface area contributed by atoms with Crippen LogP contribution in [0.5, 0.6) is 0 Å². The van der Waals surface area contributed by atoms with Crippen LogP contribution >= 0.6 is 0 Å². The van der Waals surface area contributed by atoms with Crippen LogP contribution in [0.25, 0.3) is 10.8 Å². The maximum atomic E-state index is 12.8. The number of likely N-dealkylation sites (tertiary alicyclic amines) is 1. The van der Waals surface area contributed by atoms with Crippen molar-refractivity contribution >= 4 is 16.7 Å². The second-order valence-corrected chi connectivity index (χ2v) is 6.03. The van der Waals surface area contributed by atoms with Crippen LogP contribution in [0, 0.1) is 6.92 Å². The highest BCUT2D eigenvalue weighted by Crippen LogP contribution is 2.20. The van der Waals surface area contributed by atoms with Gasteiger partial charge in [0.1, 0.15) is 5.69 Å². The van der Waals surface area contributed by atoms with Gasteiger partial charge in [-0.15, -0.1) is 0 Å². The lowest BCUT2D eigenvalue weighted by molar-refractivity contribution is 0.0637. The van der Waals surface area contributed by atoms with E-state index in [1.54, 1.807) is 9.47 Å². The number of rotatable bonds is 2. The Balaban J connectivity index is 2.27. The van der Waals surface area contributed by atoms with E-state index in [4.69, 9.17) is 0 Å². The summed E-state index contributed by atoms with van der Waals surface area (Å²) in [5.41, 5.74) is 1.48. The van der Waals surface area contributed by atoms with Gasteiger partial charge in [-0.25, -0.2) is 0 Å². The number of hydrogen-bond donors (Lipinski definition) is 0. The van der Waals surface area contributed by atoms with Gasteiger partial charge in [-0.3, -0.25) is 9.59 Å². The Hall–Kier alpha value is -2.10. The molecule has 1 aliphatic rings. The van der Waals surface area contributed by atoms with Gasteiger partial charge in [-0.2, -0.15) is 0 Å². The highest BCUT2D eigenvalue weighted by atomic mass is 16.2. The number of pyridine rings is 1. The van der Waals surface area contributed by atoms with Crippen LogP contribution in [0.1, 0.15) is 42.4 Å². The average molecular weight is 284 g/mol. The fraction of sp³-hybridized carbons (Fsp3) is 0.412. The highest BCUT2D eigenvalue weighted by Gasteiger charge is 2.25. The first kappa shape index (κ1) is 13.9. The third kappa shape index (κ3) is 2.24. The summed E-state index contributed by atoms with van der Waals surface area (Å²) in [6.45, 7) is 7.43. The van der Waals surface area contributed by atoms with Gasteiger partial charge >= 0.3 is 0 Å².